The number of aromatic hydroxyl groups is 1. The van der Waals surface area contributed by atoms with Crippen LogP contribution in [0, 0.1) is 0 Å². The minimum atomic E-state index is 0.255. The third-order valence-electron chi connectivity index (χ3n) is 5.75. The summed E-state index contributed by atoms with van der Waals surface area (Å²) >= 11 is 1.60. The number of furan rings is 1. The summed E-state index contributed by atoms with van der Waals surface area (Å²) in [5.74, 6) is 0.255. The van der Waals surface area contributed by atoms with E-state index in [2.05, 4.69) is 71.6 Å². The maximum absolute atomic E-state index is 9.96. The van der Waals surface area contributed by atoms with Crippen LogP contribution in [0.15, 0.2) is 136 Å². The predicted molar refractivity (Wildman–Crippen MR) is 141 cm³/mol. The van der Waals surface area contributed by atoms with E-state index in [-0.39, 0.29) is 5.75 Å². The van der Waals surface area contributed by atoms with E-state index in [9.17, 15) is 5.11 Å². The van der Waals surface area contributed by atoms with Gasteiger partial charge in [0.15, 0.2) is 0 Å². The molecule has 0 aliphatic heterocycles. The van der Waals surface area contributed by atoms with Gasteiger partial charge in [-0.05, 0) is 60.7 Å². The van der Waals surface area contributed by atoms with Crippen molar-refractivity contribution in [2.75, 3.05) is 4.90 Å². The molecule has 0 saturated heterocycles. The Labute approximate surface area is 201 Å². The molecule has 6 aromatic rings. The molecule has 0 saturated carbocycles. The van der Waals surface area contributed by atoms with Crippen LogP contribution < -0.4 is 4.90 Å². The van der Waals surface area contributed by atoms with E-state index in [0.29, 0.717) is 0 Å². The van der Waals surface area contributed by atoms with Gasteiger partial charge in [-0.2, -0.15) is 0 Å². The van der Waals surface area contributed by atoms with Crippen LogP contribution in [0.25, 0.3) is 21.9 Å². The normalized spacial score (nSPS) is 11.2. The first-order valence-corrected chi connectivity index (χ1v) is 11.9. The number of rotatable bonds is 5. The summed E-state index contributed by atoms with van der Waals surface area (Å²) in [5, 5.41) is 12.1. The van der Waals surface area contributed by atoms with Crippen molar-refractivity contribution in [1.82, 2.24) is 0 Å². The number of phenolic OH excluding ortho intramolecular Hbond substituents is 1. The van der Waals surface area contributed by atoms with E-state index < -0.39 is 0 Å². The zero-order valence-electron chi connectivity index (χ0n) is 18.3. The molecule has 0 atom stereocenters. The Morgan fingerprint density at radius 3 is 1.97 bits per heavy atom. The largest absolute Gasteiger partial charge is 0.508 e. The molecule has 0 fully saturated rings. The maximum Gasteiger partial charge on any atom is 0.138 e. The van der Waals surface area contributed by atoms with Gasteiger partial charge in [0.05, 0.1) is 11.1 Å². The number of benzene rings is 5. The Kier molecular flexibility index (Phi) is 5.21. The summed E-state index contributed by atoms with van der Waals surface area (Å²) in [6.45, 7) is 0. The molecular formula is C30H21NO2S. The molecule has 3 nitrogen and oxygen atoms in total. The molecule has 1 aromatic heterocycles. The number of anilines is 3. The van der Waals surface area contributed by atoms with Crippen molar-refractivity contribution in [3.05, 3.63) is 121 Å². The summed E-state index contributed by atoms with van der Waals surface area (Å²) in [6, 6.07) is 40.6. The number of para-hydroxylation sites is 3. The topological polar surface area (TPSA) is 36.6 Å². The highest BCUT2D eigenvalue weighted by Gasteiger charge is 2.20. The number of hydrogen-bond donors (Lipinski definition) is 1. The summed E-state index contributed by atoms with van der Waals surface area (Å²) in [4.78, 5) is 4.27. The van der Waals surface area contributed by atoms with Crippen LogP contribution >= 0.6 is 11.8 Å². The molecule has 0 unspecified atom stereocenters. The van der Waals surface area contributed by atoms with Crippen LogP contribution in [0.3, 0.4) is 0 Å². The van der Waals surface area contributed by atoms with E-state index in [1.165, 1.54) is 0 Å². The van der Waals surface area contributed by atoms with E-state index in [0.717, 1.165) is 48.8 Å². The van der Waals surface area contributed by atoms with Gasteiger partial charge in [-0.25, -0.2) is 0 Å². The average Bonchev–Trinajstić information content (AvgIpc) is 3.24. The van der Waals surface area contributed by atoms with Crippen molar-refractivity contribution in [3.8, 4) is 5.75 Å². The second-order valence-corrected chi connectivity index (χ2v) is 9.17. The highest BCUT2D eigenvalue weighted by Crippen LogP contribution is 2.45. The number of phenols is 1. The molecule has 0 aliphatic rings. The van der Waals surface area contributed by atoms with Crippen LogP contribution in [-0.2, 0) is 0 Å². The lowest BCUT2D eigenvalue weighted by Crippen LogP contribution is -2.10. The Morgan fingerprint density at radius 1 is 0.588 bits per heavy atom. The van der Waals surface area contributed by atoms with Gasteiger partial charge < -0.3 is 14.4 Å². The molecule has 164 valence electrons. The van der Waals surface area contributed by atoms with E-state index in [1.54, 1.807) is 23.9 Å². The fraction of sp³-hybridized carbons (Fsp3) is 0. The first kappa shape index (κ1) is 20.5. The predicted octanol–water partition coefficient (Wildman–Crippen LogP) is 8.91. The van der Waals surface area contributed by atoms with Crippen LogP contribution in [0.5, 0.6) is 5.75 Å². The molecule has 0 spiro atoms. The second kappa shape index (κ2) is 8.65. The minimum absolute atomic E-state index is 0.255. The Hall–Kier alpha value is -4.15. The summed E-state index contributed by atoms with van der Waals surface area (Å²) in [7, 11) is 0. The molecule has 0 radical (unpaired) electrons. The van der Waals surface area contributed by atoms with Gasteiger partial charge >= 0.3 is 0 Å². The molecule has 1 N–H and O–H groups in total. The standard InChI is InChI=1S/C30H21NO2S/c32-23-14-9-15-24(18-23)34-25-19-27(30-26-16-7-8-17-28(26)33-29(30)20-25)31(21-10-3-1-4-11-21)22-12-5-2-6-13-22/h1-20,32H. The Morgan fingerprint density at radius 2 is 1.26 bits per heavy atom. The molecule has 0 aliphatic carbocycles. The third kappa shape index (κ3) is 3.78. The fourth-order valence-electron chi connectivity index (χ4n) is 4.31. The molecule has 0 amide bonds. The van der Waals surface area contributed by atoms with Crippen LogP contribution in [0.2, 0.25) is 0 Å². The van der Waals surface area contributed by atoms with Crippen LogP contribution in [-0.4, -0.2) is 5.11 Å². The molecule has 4 heteroatoms. The quantitative estimate of drug-likeness (QED) is 0.279. The van der Waals surface area contributed by atoms with Crippen molar-refractivity contribution in [1.29, 1.82) is 0 Å². The van der Waals surface area contributed by atoms with Crippen molar-refractivity contribution in [3.63, 3.8) is 0 Å². The fourth-order valence-corrected chi connectivity index (χ4v) is 5.24. The monoisotopic (exact) mass is 459 g/mol. The number of nitrogens with zero attached hydrogens (tertiary/aromatic N) is 1. The van der Waals surface area contributed by atoms with Crippen LogP contribution in [0.4, 0.5) is 17.1 Å². The third-order valence-corrected chi connectivity index (χ3v) is 6.72. The molecule has 6 rings (SSSR count). The van der Waals surface area contributed by atoms with Gasteiger partial charge in [0.25, 0.3) is 0 Å². The summed E-state index contributed by atoms with van der Waals surface area (Å²) in [5.41, 5.74) is 4.87. The van der Waals surface area contributed by atoms with Gasteiger partial charge in [0.2, 0.25) is 0 Å². The summed E-state index contributed by atoms with van der Waals surface area (Å²) < 4.78 is 6.33. The minimum Gasteiger partial charge on any atom is -0.508 e. The highest BCUT2D eigenvalue weighted by molar-refractivity contribution is 7.99. The van der Waals surface area contributed by atoms with E-state index in [4.69, 9.17) is 4.42 Å². The van der Waals surface area contributed by atoms with Crippen molar-refractivity contribution in [2.45, 2.75) is 9.79 Å². The first-order chi connectivity index (χ1) is 16.8. The smallest absolute Gasteiger partial charge is 0.138 e. The number of fused-ring (bicyclic) bond motifs is 3. The first-order valence-electron chi connectivity index (χ1n) is 11.1. The van der Waals surface area contributed by atoms with Crippen molar-refractivity contribution >= 4 is 50.8 Å². The van der Waals surface area contributed by atoms with Gasteiger partial charge in [-0.3, -0.25) is 0 Å². The van der Waals surface area contributed by atoms with Gasteiger partial charge in [0.1, 0.15) is 16.9 Å². The molecular weight excluding hydrogens is 438 g/mol. The van der Waals surface area contributed by atoms with Crippen molar-refractivity contribution < 1.29 is 9.52 Å². The SMILES string of the molecule is Oc1cccc(Sc2cc(N(c3ccccc3)c3ccccc3)c3c(c2)oc2ccccc23)c1. The summed E-state index contributed by atoms with van der Waals surface area (Å²) in [6.07, 6.45) is 0. The molecule has 1 heterocycles. The molecule has 0 bridgehead atoms. The van der Waals surface area contributed by atoms with Gasteiger partial charge in [-0.1, -0.05) is 72.4 Å². The lowest BCUT2D eigenvalue weighted by Gasteiger charge is -2.26. The average molecular weight is 460 g/mol. The highest BCUT2D eigenvalue weighted by atomic mass is 32.2. The maximum atomic E-state index is 9.96. The van der Waals surface area contributed by atoms with Crippen molar-refractivity contribution in [2.24, 2.45) is 0 Å². The van der Waals surface area contributed by atoms with Crippen LogP contribution in [0.1, 0.15) is 0 Å². The Balaban J connectivity index is 1.63. The van der Waals surface area contributed by atoms with E-state index >= 15 is 0 Å². The second-order valence-electron chi connectivity index (χ2n) is 8.02. The van der Waals surface area contributed by atoms with E-state index in [1.807, 2.05) is 42.5 Å². The van der Waals surface area contributed by atoms with Gasteiger partial charge in [-0.15, -0.1) is 0 Å². The Bertz CT molecular complexity index is 1550. The zero-order chi connectivity index (χ0) is 22.9. The molecule has 5 aromatic carbocycles. The lowest BCUT2D eigenvalue weighted by atomic mass is 10.1. The number of hydrogen-bond acceptors (Lipinski definition) is 4. The zero-order valence-corrected chi connectivity index (χ0v) is 19.1. The lowest BCUT2D eigenvalue weighted by molar-refractivity contribution is 0.474. The van der Waals surface area contributed by atoms with Gasteiger partial charge in [0, 0.05) is 26.6 Å². The molecule has 34 heavy (non-hydrogen) atoms.